The average molecular weight is 1110 g/mol. The zero-order valence-corrected chi connectivity index (χ0v) is 41.8. The largest absolute Gasteiger partial charge is 0.508 e. The maximum atomic E-state index is 12.1. The molecule has 0 aliphatic carbocycles. The van der Waals surface area contributed by atoms with Gasteiger partial charge in [-0.2, -0.15) is 40.9 Å². The number of hydrogen-bond acceptors (Lipinski definition) is 24. The van der Waals surface area contributed by atoms with Gasteiger partial charge in [-0.1, -0.05) is 12.1 Å². The van der Waals surface area contributed by atoms with E-state index in [-0.39, 0.29) is 91.8 Å². The van der Waals surface area contributed by atoms with Gasteiger partial charge in [0.2, 0.25) is 0 Å². The van der Waals surface area contributed by atoms with Crippen molar-refractivity contribution in [3.63, 3.8) is 0 Å². The summed E-state index contributed by atoms with van der Waals surface area (Å²) in [7, 11) is 0. The van der Waals surface area contributed by atoms with E-state index in [9.17, 15) is 81.1 Å². The molecule has 8 rings (SSSR count). The van der Waals surface area contributed by atoms with Crippen molar-refractivity contribution in [3.05, 3.63) is 239 Å². The van der Waals surface area contributed by atoms with Crippen LogP contribution in [0.2, 0.25) is 0 Å². The molecule has 30 nitrogen and oxygen atoms in total. The fourth-order valence-corrected chi connectivity index (χ4v) is 8.00. The zero-order valence-electron chi connectivity index (χ0n) is 41.8. The monoisotopic (exact) mass is 1110 g/mol. The van der Waals surface area contributed by atoms with E-state index < -0.39 is 81.6 Å². The van der Waals surface area contributed by atoms with Crippen LogP contribution in [-0.4, -0.2) is 50.0 Å². The maximum Gasteiger partial charge on any atom is 0.278 e. The summed E-state index contributed by atoms with van der Waals surface area (Å²) in [5, 5.41) is 149. The van der Waals surface area contributed by atoms with Crippen LogP contribution >= 0.6 is 0 Å². The predicted molar refractivity (Wildman–Crippen MR) is 288 cm³/mol. The summed E-state index contributed by atoms with van der Waals surface area (Å²) in [5.74, 6) is -1.51. The van der Waals surface area contributed by atoms with Gasteiger partial charge in [-0.3, -0.25) is 60.7 Å². The van der Waals surface area contributed by atoms with Crippen molar-refractivity contribution in [2.45, 2.75) is 26.2 Å². The molecule has 0 aliphatic heterocycles. The number of nitro groups is 6. The molecule has 0 amide bonds. The van der Waals surface area contributed by atoms with Gasteiger partial charge in [-0.05, 0) is 85.3 Å². The van der Waals surface area contributed by atoms with Crippen LogP contribution in [0, 0.1) is 67.6 Å². The fourth-order valence-electron chi connectivity index (χ4n) is 8.00. The molecule has 4 N–H and O–H groups in total. The Hall–Kier alpha value is -12.2. The quantitative estimate of drug-likeness (QED) is 0.0313. The predicted octanol–water partition coefficient (Wildman–Crippen LogP) is 14.7. The highest BCUT2D eigenvalue weighted by Crippen LogP contribution is 2.41. The third-order valence-corrected chi connectivity index (χ3v) is 11.8. The van der Waals surface area contributed by atoms with Crippen LogP contribution in [0.25, 0.3) is 0 Å². The summed E-state index contributed by atoms with van der Waals surface area (Å²) in [6, 6.07) is 28.3. The number of azo groups is 4. The highest BCUT2D eigenvalue weighted by atomic mass is 16.6. The zero-order chi connectivity index (χ0) is 58.9. The minimum absolute atomic E-state index is 0.0115. The molecular weight excluding hydrogens is 1080 g/mol. The molecule has 0 aromatic heterocycles. The lowest BCUT2D eigenvalue weighted by molar-refractivity contribution is -0.394. The van der Waals surface area contributed by atoms with Gasteiger partial charge in [0.1, 0.15) is 23.0 Å². The number of nitrogens with zero attached hydrogens (tertiary/aromatic N) is 14. The van der Waals surface area contributed by atoms with Crippen LogP contribution in [0.5, 0.6) is 23.0 Å². The molecule has 0 saturated carbocycles. The lowest BCUT2D eigenvalue weighted by atomic mass is 9.93. The van der Waals surface area contributed by atoms with E-state index in [4.69, 9.17) is 0 Å². The molecule has 30 heteroatoms. The number of aromatic hydroxyl groups is 4. The van der Waals surface area contributed by atoms with Crippen molar-refractivity contribution >= 4 is 79.6 Å². The van der Waals surface area contributed by atoms with Gasteiger partial charge < -0.3 is 20.4 Å². The SMILES string of the molecule is Cc1cccc(N=Nc2ccc(O)c(Cc3cc(N=Nc4cc([N+](=O)[O-])cc([N+](=O)[O-])c4)cc(Cc4cc(N=Nc5cc([N+](=O)[O-])cc([N+](=O)[O-])c5)cc(Cc5cc(N=Nc6cc([N+](=O)[O-])cc([N+](=O)[O-])c6)ccc5O)c4O)c3O)c2)c1. The topological polar surface area (TPSA) is 439 Å². The second-order valence-electron chi connectivity index (χ2n) is 17.7. The van der Waals surface area contributed by atoms with Gasteiger partial charge in [0.15, 0.2) is 0 Å². The first-order valence-electron chi connectivity index (χ1n) is 23.4. The van der Waals surface area contributed by atoms with E-state index in [1.54, 1.807) is 18.2 Å². The highest BCUT2D eigenvalue weighted by Gasteiger charge is 2.22. The van der Waals surface area contributed by atoms with Crippen LogP contribution in [0.4, 0.5) is 79.6 Å². The van der Waals surface area contributed by atoms with Crippen LogP contribution in [-0.2, 0) is 19.3 Å². The van der Waals surface area contributed by atoms with E-state index in [0.29, 0.717) is 17.4 Å². The Labute approximate surface area is 457 Å². The van der Waals surface area contributed by atoms with E-state index in [2.05, 4.69) is 40.9 Å². The summed E-state index contributed by atoms with van der Waals surface area (Å²) >= 11 is 0. The molecule has 410 valence electrons. The van der Waals surface area contributed by atoms with Gasteiger partial charge in [0.25, 0.3) is 34.1 Å². The van der Waals surface area contributed by atoms with Gasteiger partial charge in [0, 0.05) is 89.0 Å². The van der Waals surface area contributed by atoms with E-state index in [1.165, 1.54) is 60.7 Å². The lowest BCUT2D eigenvalue weighted by Crippen LogP contribution is -1.98. The number of nitro benzene ring substituents is 6. The maximum absolute atomic E-state index is 12.1. The molecule has 0 atom stereocenters. The molecular formula is C52H36N14O16. The molecule has 8 aromatic rings. The lowest BCUT2D eigenvalue weighted by Gasteiger charge is -2.16. The number of rotatable bonds is 20. The van der Waals surface area contributed by atoms with E-state index in [1.807, 2.05) is 13.0 Å². The van der Waals surface area contributed by atoms with Gasteiger partial charge >= 0.3 is 0 Å². The first-order valence-corrected chi connectivity index (χ1v) is 23.4. The number of phenolic OH excluding ortho intramolecular Hbond substituents is 4. The molecule has 0 spiro atoms. The van der Waals surface area contributed by atoms with Crippen LogP contribution < -0.4 is 0 Å². The number of benzene rings is 8. The first-order chi connectivity index (χ1) is 39.0. The Morgan fingerprint density at radius 2 is 0.549 bits per heavy atom. The van der Waals surface area contributed by atoms with Crippen molar-refractivity contribution in [2.24, 2.45) is 40.9 Å². The van der Waals surface area contributed by atoms with Crippen molar-refractivity contribution in [2.75, 3.05) is 0 Å². The third kappa shape index (κ3) is 13.8. The minimum Gasteiger partial charge on any atom is -0.508 e. The van der Waals surface area contributed by atoms with Crippen molar-refractivity contribution in [3.8, 4) is 23.0 Å². The van der Waals surface area contributed by atoms with Crippen molar-refractivity contribution < 1.29 is 50.0 Å². The fraction of sp³-hybridized carbons (Fsp3) is 0.0769. The molecule has 0 saturated heterocycles. The molecule has 0 aliphatic rings. The smallest absolute Gasteiger partial charge is 0.278 e. The summed E-state index contributed by atoms with van der Waals surface area (Å²) in [6.07, 6.45) is -1.03. The molecule has 0 bridgehead atoms. The van der Waals surface area contributed by atoms with Crippen LogP contribution in [0.1, 0.15) is 38.9 Å². The van der Waals surface area contributed by atoms with Crippen molar-refractivity contribution in [1.29, 1.82) is 0 Å². The first kappa shape index (κ1) is 56.0. The minimum atomic E-state index is -0.881. The van der Waals surface area contributed by atoms with Gasteiger partial charge in [-0.15, -0.1) is 0 Å². The molecule has 0 fully saturated rings. The second-order valence-corrected chi connectivity index (χ2v) is 17.7. The standard InChI is InChI=1S/C52H36N14O16/c1-28-3-2-4-35(9-28)53-54-36-5-7-49(67)29(13-36)10-31-15-38(56-59-41-21-45(63(75)76)26-46(22-41)64(77)78)17-33(51(31)69)12-34-18-39(57-60-42-23-47(65(79)80)27-48(24-42)66(81)82)16-32(52(34)70)11-30-14-37(6-8-50(30)68)55-58-40-19-43(61(71)72)25-44(20-40)62(73)74/h2-9,13-27,67-70H,10-12H2,1H3. The Bertz CT molecular complexity index is 4000. The van der Waals surface area contributed by atoms with Crippen LogP contribution in [0.3, 0.4) is 0 Å². The third-order valence-electron chi connectivity index (χ3n) is 11.8. The normalized spacial score (nSPS) is 11.5. The van der Waals surface area contributed by atoms with Crippen LogP contribution in [0.15, 0.2) is 180 Å². The Morgan fingerprint density at radius 3 is 0.829 bits per heavy atom. The number of non-ortho nitro benzene ring substituents is 6. The van der Waals surface area contributed by atoms with Crippen molar-refractivity contribution in [1.82, 2.24) is 0 Å². The Morgan fingerprint density at radius 1 is 0.305 bits per heavy atom. The summed E-state index contributed by atoms with van der Waals surface area (Å²) < 4.78 is 0. The molecule has 8 aromatic carbocycles. The molecule has 0 radical (unpaired) electrons. The summed E-state index contributed by atoms with van der Waals surface area (Å²) in [4.78, 5) is 64.5. The van der Waals surface area contributed by atoms with Gasteiger partial charge in [-0.25, -0.2) is 0 Å². The average Bonchev–Trinajstić information content (AvgIpc) is 3.63. The highest BCUT2D eigenvalue weighted by molar-refractivity contribution is 5.63. The molecule has 0 heterocycles. The number of hydrogen-bond donors (Lipinski definition) is 4. The molecule has 0 unspecified atom stereocenters. The Kier molecular flexibility index (Phi) is 16.4. The van der Waals surface area contributed by atoms with E-state index >= 15 is 0 Å². The molecule has 82 heavy (non-hydrogen) atoms. The van der Waals surface area contributed by atoms with Gasteiger partial charge in [0.05, 0.1) is 93.2 Å². The number of phenols is 4. The summed E-state index contributed by atoms with van der Waals surface area (Å²) in [6.45, 7) is 1.87. The number of aryl methyl sites for hydroxylation is 1. The van der Waals surface area contributed by atoms with E-state index in [0.717, 1.165) is 54.1 Å². The summed E-state index contributed by atoms with van der Waals surface area (Å²) in [5.41, 5.74) is -3.02. The second kappa shape index (κ2) is 24.0. The Balaban J connectivity index is 1.24.